The maximum atomic E-state index is 5.87. The van der Waals surface area contributed by atoms with E-state index in [4.69, 9.17) is 34.6 Å². The Kier molecular flexibility index (Phi) is 6.39. The van der Waals surface area contributed by atoms with Gasteiger partial charge in [-0.3, -0.25) is 10.9 Å². The second-order valence-corrected chi connectivity index (χ2v) is 9.05. The second-order valence-electron chi connectivity index (χ2n) is 8.32. The molecule has 0 saturated heterocycles. The molecule has 0 radical (unpaired) electrons. The number of hydrazone groups is 2. The van der Waals surface area contributed by atoms with E-state index in [9.17, 15) is 0 Å². The third-order valence-electron chi connectivity index (χ3n) is 5.83. The topological polar surface area (TPSA) is 61.7 Å². The highest BCUT2D eigenvalue weighted by Crippen LogP contribution is 2.25. The third-order valence-corrected chi connectivity index (χ3v) is 6.55. The van der Waals surface area contributed by atoms with E-state index < -0.39 is 0 Å². The summed E-state index contributed by atoms with van der Waals surface area (Å²) in [7, 11) is 0. The number of hydrogen-bond donors (Lipinski definition) is 2. The minimum absolute atomic E-state index is 0.454. The fourth-order valence-corrected chi connectivity index (χ4v) is 4.60. The largest absolute Gasteiger partial charge is 0.270 e. The molecule has 4 aromatic rings. The number of anilines is 4. The van der Waals surface area contributed by atoms with Crippen LogP contribution in [0.25, 0.3) is 0 Å². The standard InChI is InChI=1S/C28H22N8S2/c37-27-33(21-13-5-1-6-14-21)29-25(30-34(27)22-15-7-2-8-16-22)26-31-35(23-17-9-3-10-18-23)28(38)36(32-26)24-19-11-4-12-20-24/h1-20H,(H,29,30)(H,31,32). The molecule has 0 saturated carbocycles. The van der Waals surface area contributed by atoms with Crippen LogP contribution >= 0.6 is 24.4 Å². The van der Waals surface area contributed by atoms with Crippen molar-refractivity contribution in [2.75, 3.05) is 20.0 Å². The lowest BCUT2D eigenvalue weighted by molar-refractivity contribution is 0.860. The Morgan fingerprint density at radius 1 is 0.421 bits per heavy atom. The van der Waals surface area contributed by atoms with Crippen LogP contribution in [0, 0.1) is 0 Å². The maximum absolute atomic E-state index is 5.87. The van der Waals surface area contributed by atoms with Gasteiger partial charge >= 0.3 is 0 Å². The molecule has 4 aromatic carbocycles. The second kappa shape index (κ2) is 10.3. The fourth-order valence-electron chi connectivity index (χ4n) is 4.01. The van der Waals surface area contributed by atoms with Gasteiger partial charge in [0.1, 0.15) is 0 Å². The van der Waals surface area contributed by atoms with E-state index in [-0.39, 0.29) is 0 Å². The van der Waals surface area contributed by atoms with Crippen molar-refractivity contribution >= 4 is 69.1 Å². The molecule has 0 fully saturated rings. The highest BCUT2D eigenvalue weighted by Gasteiger charge is 2.34. The first kappa shape index (κ1) is 23.6. The quantitative estimate of drug-likeness (QED) is 0.337. The van der Waals surface area contributed by atoms with Crippen LogP contribution in [-0.2, 0) is 0 Å². The van der Waals surface area contributed by atoms with Crippen LogP contribution in [-0.4, -0.2) is 21.9 Å². The van der Waals surface area contributed by atoms with Crippen LogP contribution < -0.4 is 30.9 Å². The van der Waals surface area contributed by atoms with E-state index in [2.05, 4.69) is 10.9 Å². The number of amidine groups is 2. The lowest BCUT2D eigenvalue weighted by Crippen LogP contribution is -2.65. The normalized spacial score (nSPS) is 15.5. The maximum Gasteiger partial charge on any atom is 0.221 e. The van der Waals surface area contributed by atoms with Crippen molar-refractivity contribution in [2.24, 2.45) is 10.2 Å². The number of hydrazine groups is 2. The number of benzene rings is 4. The van der Waals surface area contributed by atoms with Gasteiger partial charge in [-0.2, -0.15) is 0 Å². The molecule has 2 aliphatic heterocycles. The van der Waals surface area contributed by atoms with Crippen molar-refractivity contribution in [3.05, 3.63) is 121 Å². The average Bonchev–Trinajstić information content (AvgIpc) is 2.99. The zero-order valence-corrected chi connectivity index (χ0v) is 21.7. The molecule has 0 atom stereocenters. The number of nitrogens with zero attached hydrogens (tertiary/aromatic N) is 6. The molecule has 2 heterocycles. The Labute approximate surface area is 231 Å². The van der Waals surface area contributed by atoms with Crippen molar-refractivity contribution < 1.29 is 0 Å². The summed E-state index contributed by atoms with van der Waals surface area (Å²) < 4.78 is 0. The Bertz CT molecular complexity index is 1400. The Hall–Kier alpha value is -4.80. The summed E-state index contributed by atoms with van der Waals surface area (Å²) in [5, 5.41) is 17.7. The smallest absolute Gasteiger partial charge is 0.221 e. The summed E-state index contributed by atoms with van der Waals surface area (Å²) in [5.41, 5.74) is 10.1. The van der Waals surface area contributed by atoms with E-state index in [0.29, 0.717) is 21.9 Å². The molecule has 0 aliphatic carbocycles. The number of para-hydroxylation sites is 4. The Morgan fingerprint density at radius 3 is 1.03 bits per heavy atom. The number of hydrogen-bond acceptors (Lipinski definition) is 6. The van der Waals surface area contributed by atoms with E-state index in [1.807, 2.05) is 131 Å². The van der Waals surface area contributed by atoms with Gasteiger partial charge in [-0.05, 0) is 73.0 Å². The molecule has 2 N–H and O–H groups in total. The zero-order chi connectivity index (χ0) is 25.9. The first-order valence-corrected chi connectivity index (χ1v) is 12.7. The summed E-state index contributed by atoms with van der Waals surface area (Å²) in [4.78, 5) is 0. The third kappa shape index (κ3) is 4.54. The van der Waals surface area contributed by atoms with Crippen LogP contribution in [0.3, 0.4) is 0 Å². The summed E-state index contributed by atoms with van der Waals surface area (Å²) in [6.07, 6.45) is 0. The molecule has 6 rings (SSSR count). The molecule has 8 nitrogen and oxygen atoms in total. The van der Waals surface area contributed by atoms with Crippen molar-refractivity contribution in [3.8, 4) is 0 Å². The van der Waals surface area contributed by atoms with Gasteiger partial charge in [0.15, 0.2) is 0 Å². The minimum atomic E-state index is 0.454. The van der Waals surface area contributed by atoms with Crippen LogP contribution in [0.4, 0.5) is 22.7 Å². The number of nitrogens with one attached hydrogen (secondary N) is 2. The van der Waals surface area contributed by atoms with E-state index in [1.54, 1.807) is 10.0 Å². The predicted octanol–water partition coefficient (Wildman–Crippen LogP) is 5.25. The molecular weight excluding hydrogens is 512 g/mol. The zero-order valence-electron chi connectivity index (χ0n) is 20.0. The highest BCUT2D eigenvalue weighted by molar-refractivity contribution is 7.81. The molecule has 0 spiro atoms. The van der Waals surface area contributed by atoms with Crippen LogP contribution in [0.2, 0.25) is 0 Å². The van der Waals surface area contributed by atoms with Gasteiger partial charge in [-0.15, -0.1) is 10.2 Å². The summed E-state index contributed by atoms with van der Waals surface area (Å²) >= 11 is 11.7. The van der Waals surface area contributed by atoms with Crippen molar-refractivity contribution in [1.82, 2.24) is 10.9 Å². The van der Waals surface area contributed by atoms with Gasteiger partial charge in [-0.25, -0.2) is 20.0 Å². The monoisotopic (exact) mass is 534 g/mol. The molecule has 38 heavy (non-hydrogen) atoms. The molecule has 0 aromatic heterocycles. The Morgan fingerprint density at radius 2 is 0.711 bits per heavy atom. The molecule has 0 unspecified atom stereocenters. The predicted molar refractivity (Wildman–Crippen MR) is 162 cm³/mol. The number of rotatable bonds is 5. The Balaban J connectivity index is 1.47. The van der Waals surface area contributed by atoms with Crippen LogP contribution in [0.5, 0.6) is 0 Å². The minimum Gasteiger partial charge on any atom is -0.270 e. The molecule has 186 valence electrons. The van der Waals surface area contributed by atoms with E-state index >= 15 is 0 Å². The molecular formula is C28H22N8S2. The summed E-state index contributed by atoms with van der Waals surface area (Å²) in [6.45, 7) is 0. The van der Waals surface area contributed by atoms with Gasteiger partial charge in [0.25, 0.3) is 0 Å². The van der Waals surface area contributed by atoms with Gasteiger partial charge in [0.05, 0.1) is 22.7 Å². The lowest BCUT2D eigenvalue weighted by atomic mass is 10.3. The highest BCUT2D eigenvalue weighted by atomic mass is 32.1. The molecule has 0 bridgehead atoms. The van der Waals surface area contributed by atoms with E-state index in [0.717, 1.165) is 22.7 Å². The fraction of sp³-hybridized carbons (Fsp3) is 0. The van der Waals surface area contributed by atoms with Gasteiger partial charge in [0.2, 0.25) is 21.9 Å². The first-order valence-electron chi connectivity index (χ1n) is 11.9. The SMILES string of the molecule is S=C1N(c2ccccc2)N=C(C2=NN(c3ccccc3)C(=S)N(c3ccccc3)N2)NN1c1ccccc1. The van der Waals surface area contributed by atoms with Crippen LogP contribution in [0.15, 0.2) is 132 Å². The van der Waals surface area contributed by atoms with E-state index in [1.165, 1.54) is 0 Å². The van der Waals surface area contributed by atoms with Crippen LogP contribution in [0.1, 0.15) is 0 Å². The van der Waals surface area contributed by atoms with Crippen molar-refractivity contribution in [3.63, 3.8) is 0 Å². The summed E-state index contributed by atoms with van der Waals surface area (Å²) in [6, 6.07) is 39.2. The molecule has 10 heteroatoms. The number of thiocarbonyl (C=S) groups is 2. The van der Waals surface area contributed by atoms with Crippen molar-refractivity contribution in [1.29, 1.82) is 0 Å². The lowest BCUT2D eigenvalue weighted by Gasteiger charge is -2.40. The van der Waals surface area contributed by atoms with Gasteiger partial charge < -0.3 is 0 Å². The molecule has 0 amide bonds. The van der Waals surface area contributed by atoms with Gasteiger partial charge in [0, 0.05) is 0 Å². The average molecular weight is 535 g/mol. The first-order chi connectivity index (χ1) is 18.7. The van der Waals surface area contributed by atoms with Crippen molar-refractivity contribution in [2.45, 2.75) is 0 Å². The molecule has 2 aliphatic rings. The van der Waals surface area contributed by atoms with Gasteiger partial charge in [-0.1, -0.05) is 72.8 Å². The summed E-state index contributed by atoms with van der Waals surface area (Å²) in [5.74, 6) is 0.909.